The van der Waals surface area contributed by atoms with Crippen LogP contribution in [0.15, 0.2) is 66.0 Å². The summed E-state index contributed by atoms with van der Waals surface area (Å²) in [5.74, 6) is 1.99. The standard InChI is InChI=1S/C22H19N3O3S/c1-3-13-28-17-11-9-15(10-12-17)20-23-22-25(24-20)21(26)19(29-22)14-16-7-5-6-8-18(16)27-4-2/h3,5-12,14H,1,4,13H2,2H3. The molecule has 0 aliphatic heterocycles. The molecule has 0 amide bonds. The van der Waals surface area contributed by atoms with Gasteiger partial charge in [0.15, 0.2) is 5.82 Å². The zero-order chi connectivity index (χ0) is 20.2. The fourth-order valence-corrected chi connectivity index (χ4v) is 3.74. The first-order valence-corrected chi connectivity index (χ1v) is 9.98. The van der Waals surface area contributed by atoms with Crippen LogP contribution in [0.4, 0.5) is 0 Å². The van der Waals surface area contributed by atoms with Crippen molar-refractivity contribution in [1.82, 2.24) is 14.6 Å². The van der Waals surface area contributed by atoms with E-state index in [4.69, 9.17) is 9.47 Å². The van der Waals surface area contributed by atoms with E-state index in [0.717, 1.165) is 22.6 Å². The largest absolute Gasteiger partial charge is 0.493 e. The number of ether oxygens (including phenoxy) is 2. The zero-order valence-electron chi connectivity index (χ0n) is 15.9. The van der Waals surface area contributed by atoms with E-state index in [1.165, 1.54) is 15.9 Å². The van der Waals surface area contributed by atoms with Crippen LogP contribution in [0.2, 0.25) is 0 Å². The molecule has 4 rings (SSSR count). The third kappa shape index (κ3) is 3.90. The molecule has 0 radical (unpaired) electrons. The highest BCUT2D eigenvalue weighted by Gasteiger charge is 2.12. The second-order valence-electron chi connectivity index (χ2n) is 6.14. The molecule has 0 aliphatic carbocycles. The first-order valence-electron chi connectivity index (χ1n) is 9.17. The van der Waals surface area contributed by atoms with E-state index in [1.54, 1.807) is 6.08 Å². The van der Waals surface area contributed by atoms with E-state index in [9.17, 15) is 4.79 Å². The minimum absolute atomic E-state index is 0.194. The summed E-state index contributed by atoms with van der Waals surface area (Å²) in [4.78, 5) is 17.9. The lowest BCUT2D eigenvalue weighted by molar-refractivity contribution is 0.339. The Bertz CT molecular complexity index is 1260. The normalized spacial score (nSPS) is 11.7. The van der Waals surface area contributed by atoms with Crippen molar-refractivity contribution in [3.63, 3.8) is 0 Å². The Morgan fingerprint density at radius 1 is 1.14 bits per heavy atom. The highest BCUT2D eigenvalue weighted by molar-refractivity contribution is 7.15. The average Bonchev–Trinajstić information content (AvgIpc) is 3.28. The van der Waals surface area contributed by atoms with E-state index in [-0.39, 0.29) is 5.56 Å². The predicted molar refractivity (Wildman–Crippen MR) is 115 cm³/mol. The fourth-order valence-electron chi connectivity index (χ4n) is 2.84. The van der Waals surface area contributed by atoms with Gasteiger partial charge in [0.1, 0.15) is 18.1 Å². The van der Waals surface area contributed by atoms with Gasteiger partial charge in [-0.25, -0.2) is 0 Å². The topological polar surface area (TPSA) is 65.7 Å². The molecular weight excluding hydrogens is 386 g/mol. The Hall–Kier alpha value is -3.45. The Morgan fingerprint density at radius 3 is 2.66 bits per heavy atom. The highest BCUT2D eigenvalue weighted by Crippen LogP contribution is 2.21. The van der Waals surface area contributed by atoms with Gasteiger partial charge in [-0.2, -0.15) is 9.50 Å². The van der Waals surface area contributed by atoms with Gasteiger partial charge < -0.3 is 9.47 Å². The van der Waals surface area contributed by atoms with Crippen molar-refractivity contribution in [1.29, 1.82) is 0 Å². The number of aromatic nitrogens is 3. The van der Waals surface area contributed by atoms with E-state index in [0.29, 0.717) is 28.5 Å². The monoisotopic (exact) mass is 405 g/mol. The van der Waals surface area contributed by atoms with E-state index < -0.39 is 0 Å². The molecule has 7 heteroatoms. The Kier molecular flexibility index (Phi) is 5.39. The van der Waals surface area contributed by atoms with Crippen LogP contribution in [0.1, 0.15) is 12.5 Å². The molecule has 2 heterocycles. The quantitative estimate of drug-likeness (QED) is 0.441. The molecule has 0 atom stereocenters. The predicted octanol–water partition coefficient (Wildman–Crippen LogP) is 3.33. The van der Waals surface area contributed by atoms with Crippen LogP contribution < -0.4 is 19.6 Å². The van der Waals surface area contributed by atoms with Crippen LogP contribution in [0.25, 0.3) is 22.4 Å². The van der Waals surface area contributed by atoms with Gasteiger partial charge in [-0.3, -0.25) is 4.79 Å². The van der Waals surface area contributed by atoms with Crippen molar-refractivity contribution in [3.8, 4) is 22.9 Å². The summed E-state index contributed by atoms with van der Waals surface area (Å²) >= 11 is 1.31. The lowest BCUT2D eigenvalue weighted by Crippen LogP contribution is -2.23. The molecule has 0 N–H and O–H groups in total. The van der Waals surface area contributed by atoms with Crippen LogP contribution in [0.5, 0.6) is 11.5 Å². The molecule has 0 saturated carbocycles. The number of hydrogen-bond donors (Lipinski definition) is 0. The van der Waals surface area contributed by atoms with E-state index >= 15 is 0 Å². The lowest BCUT2D eigenvalue weighted by atomic mass is 10.2. The maximum Gasteiger partial charge on any atom is 0.291 e. The SMILES string of the molecule is C=CCOc1ccc(-c2nc3sc(=Cc4ccccc4OCC)c(=O)n3n2)cc1. The summed E-state index contributed by atoms with van der Waals surface area (Å²) in [6.07, 6.45) is 3.51. The summed E-state index contributed by atoms with van der Waals surface area (Å²) in [7, 11) is 0. The number of nitrogens with zero attached hydrogens (tertiary/aromatic N) is 3. The van der Waals surface area contributed by atoms with Gasteiger partial charge in [-0.1, -0.05) is 42.2 Å². The zero-order valence-corrected chi connectivity index (χ0v) is 16.7. The van der Waals surface area contributed by atoms with Gasteiger partial charge in [0.05, 0.1) is 11.1 Å². The van der Waals surface area contributed by atoms with Gasteiger partial charge in [0.2, 0.25) is 4.96 Å². The number of para-hydroxylation sites is 1. The van der Waals surface area contributed by atoms with E-state index in [1.807, 2.05) is 61.5 Å². The molecule has 0 aliphatic rings. The molecule has 2 aromatic heterocycles. The molecule has 0 spiro atoms. The Labute approximate surface area is 171 Å². The maximum atomic E-state index is 12.8. The second kappa shape index (κ2) is 8.28. The molecule has 0 saturated heterocycles. The molecule has 6 nitrogen and oxygen atoms in total. The summed E-state index contributed by atoms with van der Waals surface area (Å²) in [6.45, 7) is 6.57. The Morgan fingerprint density at radius 2 is 1.93 bits per heavy atom. The molecule has 146 valence electrons. The summed E-state index contributed by atoms with van der Waals surface area (Å²) in [5, 5.41) is 4.39. The number of benzene rings is 2. The minimum atomic E-state index is -0.194. The minimum Gasteiger partial charge on any atom is -0.493 e. The van der Waals surface area contributed by atoms with Gasteiger partial charge >= 0.3 is 0 Å². The first kappa shape index (κ1) is 18.9. The number of rotatable bonds is 7. The third-order valence-corrected chi connectivity index (χ3v) is 5.13. The smallest absolute Gasteiger partial charge is 0.291 e. The van der Waals surface area contributed by atoms with Crippen molar-refractivity contribution in [2.45, 2.75) is 6.92 Å². The van der Waals surface area contributed by atoms with Gasteiger partial charge in [0.25, 0.3) is 5.56 Å². The summed E-state index contributed by atoms with van der Waals surface area (Å²) in [6, 6.07) is 15.0. The summed E-state index contributed by atoms with van der Waals surface area (Å²) in [5.41, 5.74) is 1.48. The highest BCUT2D eigenvalue weighted by atomic mass is 32.1. The molecule has 0 unspecified atom stereocenters. The van der Waals surface area contributed by atoms with Gasteiger partial charge in [-0.15, -0.1) is 5.10 Å². The van der Waals surface area contributed by atoms with Crippen LogP contribution in [0.3, 0.4) is 0 Å². The molecule has 0 bridgehead atoms. The lowest BCUT2D eigenvalue weighted by Gasteiger charge is -2.05. The van der Waals surface area contributed by atoms with Crippen molar-refractivity contribution >= 4 is 22.4 Å². The van der Waals surface area contributed by atoms with Crippen LogP contribution in [-0.2, 0) is 0 Å². The van der Waals surface area contributed by atoms with Crippen LogP contribution in [-0.4, -0.2) is 27.8 Å². The Balaban J connectivity index is 1.68. The number of thiazole rings is 1. The molecule has 29 heavy (non-hydrogen) atoms. The molecule has 0 fully saturated rings. The van der Waals surface area contributed by atoms with Crippen LogP contribution >= 0.6 is 11.3 Å². The van der Waals surface area contributed by atoms with Crippen molar-refractivity contribution in [2.75, 3.05) is 13.2 Å². The van der Waals surface area contributed by atoms with Gasteiger partial charge in [-0.05, 0) is 43.3 Å². The number of fused-ring (bicyclic) bond motifs is 1. The summed E-state index contributed by atoms with van der Waals surface area (Å²) < 4.78 is 13.0. The number of hydrogen-bond acceptors (Lipinski definition) is 6. The van der Waals surface area contributed by atoms with Crippen LogP contribution in [0, 0.1) is 0 Å². The third-order valence-electron chi connectivity index (χ3n) is 4.17. The van der Waals surface area contributed by atoms with Gasteiger partial charge in [0, 0.05) is 11.1 Å². The maximum absolute atomic E-state index is 12.8. The second-order valence-corrected chi connectivity index (χ2v) is 7.15. The van der Waals surface area contributed by atoms with Crippen molar-refractivity contribution < 1.29 is 9.47 Å². The molecule has 2 aromatic carbocycles. The van der Waals surface area contributed by atoms with Crippen molar-refractivity contribution in [3.05, 3.63) is 81.6 Å². The first-order chi connectivity index (χ1) is 14.2. The molecule has 4 aromatic rings. The molecular formula is C22H19N3O3S. The van der Waals surface area contributed by atoms with E-state index in [2.05, 4.69) is 16.7 Å². The average molecular weight is 405 g/mol. The fraction of sp³-hybridized carbons (Fsp3) is 0.136. The van der Waals surface area contributed by atoms with Crippen molar-refractivity contribution in [2.24, 2.45) is 0 Å².